The van der Waals surface area contributed by atoms with Crippen molar-refractivity contribution in [3.8, 4) is 0 Å². The van der Waals surface area contributed by atoms with Crippen molar-refractivity contribution < 1.29 is 46.2 Å². The van der Waals surface area contributed by atoms with Gasteiger partial charge in [-0.15, -0.1) is 0 Å². The summed E-state index contributed by atoms with van der Waals surface area (Å²) < 4.78 is 45.7. The van der Waals surface area contributed by atoms with Crippen molar-refractivity contribution in [2.45, 2.75) is 419 Å². The van der Waals surface area contributed by atoms with Gasteiger partial charge in [-0.25, -0.2) is 26.4 Å². The van der Waals surface area contributed by atoms with Gasteiger partial charge in [0.15, 0.2) is 9.84 Å². The van der Waals surface area contributed by atoms with Gasteiger partial charge in [0.05, 0.1) is 36.0 Å². The molecule has 6 aliphatic rings. The second-order valence-electron chi connectivity index (χ2n) is 51.2. The van der Waals surface area contributed by atoms with E-state index in [2.05, 4.69) is 330 Å². The molecule has 0 radical (unpaired) electrons. The molecule has 28 nitrogen and oxygen atoms in total. The fourth-order valence-corrected chi connectivity index (χ4v) is 15.9. The fourth-order valence-electron chi connectivity index (χ4n) is 13.5. The number of aromatic nitrogens is 2. The number of amides is 4. The Morgan fingerprint density at radius 2 is 0.878 bits per heavy atom. The summed E-state index contributed by atoms with van der Waals surface area (Å²) in [7, 11) is 6.04. The molecule has 0 bridgehead atoms. The number of sulfone groups is 1. The van der Waals surface area contributed by atoms with E-state index in [4.69, 9.17) is 5.11 Å². The number of pyridine rings is 2. The lowest BCUT2D eigenvalue weighted by Crippen LogP contribution is -2.53. The van der Waals surface area contributed by atoms with Gasteiger partial charge in [0.25, 0.3) is 5.91 Å². The van der Waals surface area contributed by atoms with Crippen molar-refractivity contribution in [3.05, 3.63) is 90.5 Å². The largest absolute Gasteiger partial charge is 0.395 e. The Morgan fingerprint density at radius 1 is 0.475 bits per heavy atom. The van der Waals surface area contributed by atoms with E-state index in [1.165, 1.54) is 75.1 Å². The molecule has 3 aromatic rings. The number of carbonyl (C=O) groups is 4. The van der Waals surface area contributed by atoms with Gasteiger partial charge in [0.1, 0.15) is 5.78 Å². The summed E-state index contributed by atoms with van der Waals surface area (Å²) in [6.07, 6.45) is 16.5. The molecule has 30 heteroatoms. The van der Waals surface area contributed by atoms with Gasteiger partial charge in [0.2, 0.25) is 15.9 Å². The van der Waals surface area contributed by atoms with E-state index in [-0.39, 0.29) is 79.3 Å². The molecule has 6 saturated heterocycles. The molecule has 6 fully saturated rings. The Balaban J connectivity index is -0.000000715. The van der Waals surface area contributed by atoms with Gasteiger partial charge in [0, 0.05) is 214 Å². The number of nitrogens with one attached hydrogen (secondary N) is 7. The minimum Gasteiger partial charge on any atom is -0.395 e. The maximum atomic E-state index is 11.5. The van der Waals surface area contributed by atoms with Crippen LogP contribution in [0.15, 0.2) is 79.4 Å². The molecule has 1 aromatic carbocycles. The predicted octanol–water partition coefficient (Wildman–Crippen LogP) is 17.0. The van der Waals surface area contributed by atoms with E-state index in [9.17, 15) is 41.1 Å². The number of aliphatic hydroxyl groups excluding tert-OH is 2. The SMILES string of the molecule is CC(=O)NC(C)(C)C.CC(C)(C)N1CCC(=O)CC1.CC(C)(C)N1CCC(O)CC1.CC(C)(C)N1CCCC1CO.CC(C)(C)N1CCN(c2ccccc2)CC1.CC(C)(C)N1CCS(=O)(=O)CC1.CC(C)(C)NC(=O)c1cccnc1.CC(C)(C)NCc1cccnc1.CC(C)(C)NS(C)(=O)=O.CN(C)C(=O)NC(C)(C)C.CN(C)C(C)(C)C.CN1CCC(CNC(C)(C)C)CC1.CNC(C)(C)C. The summed E-state index contributed by atoms with van der Waals surface area (Å²) in [6.45, 7) is 99.8. The van der Waals surface area contributed by atoms with Crippen LogP contribution < -0.4 is 41.5 Å². The van der Waals surface area contributed by atoms with Gasteiger partial charge in [-0.1, -0.05) is 24.3 Å². The van der Waals surface area contributed by atoms with Gasteiger partial charge in [-0.2, -0.15) is 0 Å². The average Bonchev–Trinajstić information content (AvgIpc) is 1.82. The van der Waals surface area contributed by atoms with E-state index in [1.54, 1.807) is 65.6 Å². The van der Waals surface area contributed by atoms with Crippen LogP contribution in [0.5, 0.6) is 0 Å². The third-order valence-electron chi connectivity index (χ3n) is 22.5. The third kappa shape index (κ3) is 81.5. The van der Waals surface area contributed by atoms with Crippen molar-refractivity contribution in [2.75, 3.05) is 163 Å². The number of Topliss-reactive ketones (excluding diaryl/α,β-unsaturated/α-hetero) is 1. The van der Waals surface area contributed by atoms with Crippen LogP contribution in [0.25, 0.3) is 0 Å². The number of rotatable bonds is 8. The van der Waals surface area contributed by atoms with E-state index in [0.717, 1.165) is 96.6 Å². The van der Waals surface area contributed by atoms with Gasteiger partial charge in [-0.05, 0) is 405 Å². The Bertz CT molecular complexity index is 3930. The second kappa shape index (κ2) is 63.9. The molecule has 0 aliphatic carbocycles. The van der Waals surface area contributed by atoms with E-state index >= 15 is 0 Å². The Hall–Kier alpha value is -5.42. The zero-order valence-corrected chi connectivity index (χ0v) is 99.7. The number of likely N-dealkylation sites (tertiary alicyclic amines) is 4. The molecule has 4 amide bonds. The lowest BCUT2D eigenvalue weighted by molar-refractivity contribution is -0.122. The van der Waals surface area contributed by atoms with Crippen LogP contribution in [-0.4, -0.2) is 342 Å². The summed E-state index contributed by atoms with van der Waals surface area (Å²) in [5.74, 6) is 1.91. The van der Waals surface area contributed by atoms with Crippen LogP contribution in [0.4, 0.5) is 10.5 Å². The molecule has 0 spiro atoms. The number of para-hydroxylation sites is 1. The standard InChI is InChI=1S/C14H22N2.C11H24N2.C10H14N2O.C10H16N2.C9H19NO.C9H17NO.C9H19NO.C8H17NO2S.C7H16N2O.C6H13NO.C6H15N.C5H13NO2S.C5H13N/c1-14(2,3)16-11-9-15(10-12-16)13-7-5-4-6-8-13;1-11(2,3)12-9-10-5-7-13(4)8-6-10;1-10(2,3)12-9(13)8-5-4-6-11-7-8;1-10(2,3)12-8-9-5-4-6-11-7-9;2*1-9(2,3)10-6-4-8(11)5-7-10;1-9(2,3)10-6-4-5-8(10)7-11;1-8(2,3)9-4-6-12(10,11)7-5-9;1-7(2,3)8-6(10)9(4)5;1-5(8)7-6(2,3)4;1-6(2,3)7(4)5;1-5(2,3)6-9(4,7)8;1-5(2,3)6-4/h4-8H,9-12H2,1-3H3;10,12H,5-9H2,1-4H3;4-7H,1-3H3,(H,12,13);4-7,12H,8H2,1-3H3;8,11H,4-7H2,1-3H3;4-7H2,1-3H3;8,11H,4-7H2,1-3H3;4-7H2,1-3H3;1-5H3,(H,8,10);1-4H3,(H,7,8);1-5H3;6H,1-4H3;6H,1-4H3. The van der Waals surface area contributed by atoms with Gasteiger partial charge < -0.3 is 61.7 Å². The smallest absolute Gasteiger partial charge is 0.317 e. The first-order valence-corrected chi connectivity index (χ1v) is 54.7. The number of hydrogen-bond donors (Lipinski definition) is 9. The molecule has 8 heterocycles. The molecule has 816 valence electrons. The number of piperazine rings is 1. The van der Waals surface area contributed by atoms with Crippen LogP contribution in [0.3, 0.4) is 0 Å². The molecule has 9 rings (SSSR count). The van der Waals surface area contributed by atoms with Crippen molar-refractivity contribution >= 4 is 49.2 Å². The number of carbonyl (C=O) groups excluding carboxylic acids is 4. The maximum Gasteiger partial charge on any atom is 0.317 e. The zero-order valence-electron chi connectivity index (χ0n) is 98.0. The Morgan fingerprint density at radius 3 is 1.18 bits per heavy atom. The highest BCUT2D eigenvalue weighted by Crippen LogP contribution is 2.27. The van der Waals surface area contributed by atoms with E-state index in [0.29, 0.717) is 65.2 Å². The molecule has 2 aromatic heterocycles. The zero-order chi connectivity index (χ0) is 109. The fraction of sp³-hybridized carbons (Fsp3) is 0.817. The number of ketones is 1. The lowest BCUT2D eigenvalue weighted by Gasteiger charge is -2.43. The summed E-state index contributed by atoms with van der Waals surface area (Å²) in [6, 6.07) is 18.6. The van der Waals surface area contributed by atoms with E-state index in [1.807, 2.05) is 81.6 Å². The highest BCUT2D eigenvalue weighted by atomic mass is 32.2. The highest BCUT2D eigenvalue weighted by molar-refractivity contribution is 7.91. The summed E-state index contributed by atoms with van der Waals surface area (Å²) in [5, 5.41) is 36.8. The number of piperidine rings is 3. The summed E-state index contributed by atoms with van der Waals surface area (Å²) in [5.41, 5.74) is 4.65. The first-order valence-electron chi connectivity index (χ1n) is 50.9. The van der Waals surface area contributed by atoms with Crippen LogP contribution in [0.1, 0.15) is 344 Å². The van der Waals surface area contributed by atoms with Crippen LogP contribution in [-0.2, 0) is 36.0 Å². The van der Waals surface area contributed by atoms with Crippen LogP contribution >= 0.6 is 0 Å². The van der Waals surface area contributed by atoms with Crippen molar-refractivity contribution in [1.82, 2.24) is 85.8 Å². The minimum atomic E-state index is -3.03. The number of urea groups is 1. The van der Waals surface area contributed by atoms with Crippen molar-refractivity contribution in [2.24, 2.45) is 5.92 Å². The quantitative estimate of drug-likeness (QED) is 0.101. The normalized spacial score (nSPS) is 17.8. The van der Waals surface area contributed by atoms with Crippen molar-refractivity contribution in [1.29, 1.82) is 0 Å². The average molecular weight is 2010 g/mol. The number of aliphatic hydroxyl groups is 2. The predicted molar refractivity (Wildman–Crippen MR) is 594 cm³/mol. The number of benzene rings is 1. The second-order valence-corrected chi connectivity index (χ2v) is 55.3. The lowest BCUT2D eigenvalue weighted by atomic mass is 9.96. The first-order chi connectivity index (χ1) is 62.4. The molecular formula is C109H218N18O10S2. The summed E-state index contributed by atoms with van der Waals surface area (Å²) >= 11 is 0. The third-order valence-corrected chi connectivity index (χ3v) is 25.1. The number of nitrogens with zero attached hydrogens (tertiary/aromatic N) is 11. The molecule has 9 N–H and O–H groups in total. The molecule has 139 heavy (non-hydrogen) atoms. The Kier molecular flexibility index (Phi) is 64.3. The van der Waals surface area contributed by atoms with Crippen LogP contribution in [0, 0.1) is 5.92 Å². The monoisotopic (exact) mass is 2000 g/mol. The van der Waals surface area contributed by atoms with Crippen molar-refractivity contribution in [3.63, 3.8) is 0 Å². The molecular weight excluding hydrogens is 1790 g/mol. The topological polar surface area (TPSA) is 316 Å². The minimum absolute atomic E-state index is 0.0255. The molecule has 0 saturated carbocycles. The molecule has 1 unspecified atom stereocenters. The van der Waals surface area contributed by atoms with Gasteiger partial charge in [-0.3, -0.25) is 48.9 Å². The molecule has 1 atom stereocenters. The Labute approximate surface area is 854 Å². The summed E-state index contributed by atoms with van der Waals surface area (Å²) in [4.78, 5) is 72.2. The highest BCUT2D eigenvalue weighted by Gasteiger charge is 2.34. The van der Waals surface area contributed by atoms with Crippen LogP contribution in [0.2, 0.25) is 0 Å². The molecule has 6 aliphatic heterocycles. The number of sulfonamides is 1. The maximum absolute atomic E-state index is 11.5. The first kappa shape index (κ1) is 140. The number of anilines is 1. The number of hydrogen-bond acceptors (Lipinski definition) is 23. The van der Waals surface area contributed by atoms with Gasteiger partial charge >= 0.3 is 6.03 Å². The van der Waals surface area contributed by atoms with E-state index < -0.39 is 19.9 Å².